The zero-order valence-corrected chi connectivity index (χ0v) is 11.5. The van der Waals surface area contributed by atoms with E-state index < -0.39 is 11.8 Å². The van der Waals surface area contributed by atoms with E-state index in [-0.39, 0.29) is 18.3 Å². The predicted molar refractivity (Wildman–Crippen MR) is 68.4 cm³/mol. The van der Waals surface area contributed by atoms with Crippen LogP contribution in [0.15, 0.2) is 16.6 Å². The number of carboxylic acid groups (broad SMARTS) is 1. The maximum Gasteiger partial charge on any atom is 0.303 e. The summed E-state index contributed by atoms with van der Waals surface area (Å²) in [5.41, 5.74) is 0.386. The van der Waals surface area contributed by atoms with Crippen molar-refractivity contribution in [2.24, 2.45) is 5.92 Å². The molecule has 1 unspecified atom stereocenters. The molecule has 0 amide bonds. The van der Waals surface area contributed by atoms with Crippen LogP contribution < -0.4 is 4.74 Å². The Labute approximate surface area is 113 Å². The van der Waals surface area contributed by atoms with Gasteiger partial charge in [0.25, 0.3) is 0 Å². The van der Waals surface area contributed by atoms with Gasteiger partial charge in [0.1, 0.15) is 11.6 Å². The molecule has 2 rings (SSSR count). The van der Waals surface area contributed by atoms with Crippen molar-refractivity contribution in [3.63, 3.8) is 0 Å². The van der Waals surface area contributed by atoms with Crippen LogP contribution in [0.3, 0.4) is 0 Å². The maximum absolute atomic E-state index is 14.2. The Morgan fingerprint density at radius 1 is 1.61 bits per heavy atom. The minimum atomic E-state index is -0.909. The Balaban J connectivity index is 2.44. The summed E-state index contributed by atoms with van der Waals surface area (Å²) in [7, 11) is 1.47. The van der Waals surface area contributed by atoms with E-state index in [9.17, 15) is 9.18 Å². The Bertz CT molecular complexity index is 472. The van der Waals surface area contributed by atoms with Crippen molar-refractivity contribution in [1.82, 2.24) is 0 Å². The summed E-state index contributed by atoms with van der Waals surface area (Å²) in [6.07, 6.45) is 1.84. The van der Waals surface area contributed by atoms with E-state index >= 15 is 0 Å². The third-order valence-electron chi connectivity index (χ3n) is 3.27. The molecule has 18 heavy (non-hydrogen) atoms. The van der Waals surface area contributed by atoms with Gasteiger partial charge in [-0.1, -0.05) is 0 Å². The predicted octanol–water partition coefficient (Wildman–Crippen LogP) is 3.57. The molecule has 0 bridgehead atoms. The van der Waals surface area contributed by atoms with Gasteiger partial charge in [0, 0.05) is 11.5 Å². The molecule has 1 aromatic rings. The zero-order valence-electron chi connectivity index (χ0n) is 9.95. The Kier molecular flexibility index (Phi) is 3.90. The molecule has 1 aliphatic carbocycles. The van der Waals surface area contributed by atoms with Crippen LogP contribution in [0.1, 0.15) is 30.7 Å². The fraction of sp³-hybridized carbons (Fsp3) is 0.462. The highest BCUT2D eigenvalue weighted by molar-refractivity contribution is 9.10. The van der Waals surface area contributed by atoms with Crippen molar-refractivity contribution >= 4 is 21.9 Å². The van der Waals surface area contributed by atoms with Gasteiger partial charge < -0.3 is 9.84 Å². The van der Waals surface area contributed by atoms with Crippen LogP contribution in [-0.2, 0) is 4.79 Å². The molecular weight excluding hydrogens is 303 g/mol. The lowest BCUT2D eigenvalue weighted by Crippen LogP contribution is -2.12. The largest absolute Gasteiger partial charge is 0.496 e. The molecule has 98 valence electrons. The molecular formula is C13H14BrFO3. The van der Waals surface area contributed by atoms with Crippen molar-refractivity contribution in [3.8, 4) is 5.75 Å². The normalized spacial score (nSPS) is 16.4. The van der Waals surface area contributed by atoms with E-state index in [2.05, 4.69) is 15.9 Å². The quantitative estimate of drug-likeness (QED) is 0.903. The molecule has 1 aromatic carbocycles. The van der Waals surface area contributed by atoms with Crippen molar-refractivity contribution in [2.75, 3.05) is 7.11 Å². The van der Waals surface area contributed by atoms with Gasteiger partial charge in [-0.05, 0) is 46.8 Å². The van der Waals surface area contributed by atoms with Gasteiger partial charge in [-0.2, -0.15) is 0 Å². The highest BCUT2D eigenvalue weighted by Gasteiger charge is 2.37. The van der Waals surface area contributed by atoms with Crippen LogP contribution in [0.5, 0.6) is 5.75 Å². The molecule has 3 nitrogen and oxygen atoms in total. The van der Waals surface area contributed by atoms with Crippen molar-refractivity contribution in [3.05, 3.63) is 28.0 Å². The number of halogens is 2. The number of hydrogen-bond acceptors (Lipinski definition) is 2. The van der Waals surface area contributed by atoms with Crippen LogP contribution in [0.4, 0.5) is 4.39 Å². The Hall–Kier alpha value is -1.10. The van der Waals surface area contributed by atoms with Gasteiger partial charge in [0.2, 0.25) is 0 Å². The molecule has 1 atom stereocenters. The number of benzene rings is 1. The number of methoxy groups -OCH3 is 1. The van der Waals surface area contributed by atoms with Gasteiger partial charge in [0.05, 0.1) is 18.0 Å². The summed E-state index contributed by atoms with van der Waals surface area (Å²) >= 11 is 3.14. The van der Waals surface area contributed by atoms with E-state index in [1.54, 1.807) is 12.1 Å². The Morgan fingerprint density at radius 3 is 2.78 bits per heavy atom. The summed E-state index contributed by atoms with van der Waals surface area (Å²) < 4.78 is 19.7. The molecule has 1 saturated carbocycles. The second kappa shape index (κ2) is 5.26. The second-order valence-corrected chi connectivity index (χ2v) is 5.37. The fourth-order valence-electron chi connectivity index (χ4n) is 2.26. The smallest absolute Gasteiger partial charge is 0.303 e. The number of ether oxygens (including phenoxy) is 1. The lowest BCUT2D eigenvalue weighted by molar-refractivity contribution is -0.137. The van der Waals surface area contributed by atoms with Crippen molar-refractivity contribution < 1.29 is 19.0 Å². The van der Waals surface area contributed by atoms with Crippen molar-refractivity contribution in [1.29, 1.82) is 0 Å². The molecule has 0 heterocycles. The summed E-state index contributed by atoms with van der Waals surface area (Å²) in [6, 6.07) is 3.24. The lowest BCUT2D eigenvalue weighted by atomic mass is 9.90. The maximum atomic E-state index is 14.2. The van der Waals surface area contributed by atoms with Crippen LogP contribution in [0, 0.1) is 11.7 Å². The zero-order chi connectivity index (χ0) is 13.3. The van der Waals surface area contributed by atoms with E-state index in [1.807, 2.05) is 0 Å². The van der Waals surface area contributed by atoms with Gasteiger partial charge in [-0.15, -0.1) is 0 Å². The molecule has 0 aromatic heterocycles. The average Bonchev–Trinajstić information content (AvgIpc) is 3.13. The van der Waals surface area contributed by atoms with E-state index in [0.717, 1.165) is 12.8 Å². The third-order valence-corrected chi connectivity index (χ3v) is 3.88. The van der Waals surface area contributed by atoms with Crippen LogP contribution in [-0.4, -0.2) is 18.2 Å². The number of carboxylic acids is 1. The summed E-state index contributed by atoms with van der Waals surface area (Å²) in [5, 5.41) is 8.97. The van der Waals surface area contributed by atoms with Crippen molar-refractivity contribution in [2.45, 2.75) is 25.2 Å². The van der Waals surface area contributed by atoms with E-state index in [0.29, 0.717) is 15.8 Å². The SMILES string of the molecule is COc1ccc(Br)c(F)c1C(CC(=O)O)C1CC1. The third kappa shape index (κ3) is 2.66. The standard InChI is InChI=1S/C13H14BrFO3/c1-18-10-5-4-9(14)13(15)12(10)8(6-11(16)17)7-2-3-7/h4-5,7-8H,2-3,6H2,1H3,(H,16,17). The molecule has 1 fully saturated rings. The highest BCUT2D eigenvalue weighted by atomic mass is 79.9. The summed E-state index contributed by atoms with van der Waals surface area (Å²) in [4.78, 5) is 10.9. The van der Waals surface area contributed by atoms with Gasteiger partial charge >= 0.3 is 5.97 Å². The van der Waals surface area contributed by atoms with E-state index in [1.165, 1.54) is 7.11 Å². The number of aliphatic carboxylic acids is 1. The lowest BCUT2D eigenvalue weighted by Gasteiger charge is -2.19. The Morgan fingerprint density at radius 2 is 2.28 bits per heavy atom. The molecule has 0 aliphatic heterocycles. The molecule has 0 saturated heterocycles. The first kappa shape index (κ1) is 13.3. The van der Waals surface area contributed by atoms with Gasteiger partial charge in [0.15, 0.2) is 0 Å². The fourth-order valence-corrected chi connectivity index (χ4v) is 2.61. The molecule has 5 heteroatoms. The molecule has 0 spiro atoms. The first-order valence-electron chi connectivity index (χ1n) is 5.78. The summed E-state index contributed by atoms with van der Waals surface area (Å²) in [5.74, 6) is -0.955. The van der Waals surface area contributed by atoms with Crippen LogP contribution >= 0.6 is 15.9 Å². The minimum Gasteiger partial charge on any atom is -0.496 e. The molecule has 1 N–H and O–H groups in total. The van der Waals surface area contributed by atoms with Gasteiger partial charge in [-0.3, -0.25) is 4.79 Å². The average molecular weight is 317 g/mol. The minimum absolute atomic E-state index is 0.0611. The molecule has 1 aliphatic rings. The first-order chi connectivity index (χ1) is 8.54. The number of carbonyl (C=O) groups is 1. The van der Waals surface area contributed by atoms with Gasteiger partial charge in [-0.25, -0.2) is 4.39 Å². The first-order valence-corrected chi connectivity index (χ1v) is 6.57. The topological polar surface area (TPSA) is 46.5 Å². The monoisotopic (exact) mass is 316 g/mol. The second-order valence-electron chi connectivity index (χ2n) is 4.52. The number of hydrogen-bond donors (Lipinski definition) is 1. The van der Waals surface area contributed by atoms with Crippen LogP contribution in [0.25, 0.3) is 0 Å². The highest BCUT2D eigenvalue weighted by Crippen LogP contribution is 2.48. The summed E-state index contributed by atoms with van der Waals surface area (Å²) in [6.45, 7) is 0. The van der Waals surface area contributed by atoms with Crippen LogP contribution in [0.2, 0.25) is 0 Å². The van der Waals surface area contributed by atoms with E-state index in [4.69, 9.17) is 9.84 Å². The molecule has 0 radical (unpaired) electrons. The number of rotatable bonds is 5.